The molecule has 2 heterocycles. The standard InChI is InChI=1S/C29H29N3O3/c1-34-28-14-12-23(18-29(28)35-2)10-9-22-11-13-27(33)24(17-22)19-32(20-25-7-3-5-15-30-25)21-26-8-4-6-16-31-26/h3-18,33H,19-21H2,1-2H3. The number of pyridine rings is 2. The largest absolute Gasteiger partial charge is 0.508 e. The summed E-state index contributed by atoms with van der Waals surface area (Å²) in [5.41, 5.74) is 4.75. The molecule has 0 unspecified atom stereocenters. The molecule has 1 N–H and O–H groups in total. The Bertz CT molecular complexity index is 1220. The quantitative estimate of drug-likeness (QED) is 0.308. The zero-order valence-corrected chi connectivity index (χ0v) is 20.0. The van der Waals surface area contributed by atoms with Crippen molar-refractivity contribution in [3.8, 4) is 17.2 Å². The van der Waals surface area contributed by atoms with E-state index in [1.807, 2.05) is 78.9 Å². The first-order valence-corrected chi connectivity index (χ1v) is 11.4. The Morgan fingerprint density at radius 1 is 0.714 bits per heavy atom. The van der Waals surface area contributed by atoms with Crippen molar-refractivity contribution in [2.75, 3.05) is 14.2 Å². The number of methoxy groups -OCH3 is 2. The Morgan fingerprint density at radius 3 is 1.89 bits per heavy atom. The second-order valence-corrected chi connectivity index (χ2v) is 8.12. The topological polar surface area (TPSA) is 67.7 Å². The SMILES string of the molecule is COc1ccc(C=Cc2ccc(O)c(CN(Cc3ccccn3)Cc3ccccn3)c2)cc1OC. The molecule has 0 aliphatic rings. The molecule has 6 heteroatoms. The van der Waals surface area contributed by atoms with E-state index >= 15 is 0 Å². The van der Waals surface area contributed by atoms with Crippen molar-refractivity contribution in [1.29, 1.82) is 0 Å². The van der Waals surface area contributed by atoms with E-state index in [0.717, 1.165) is 28.1 Å². The molecule has 4 aromatic rings. The molecule has 0 saturated carbocycles. The Hall–Kier alpha value is -4.16. The number of benzene rings is 2. The van der Waals surface area contributed by atoms with Crippen LogP contribution in [0.4, 0.5) is 0 Å². The highest BCUT2D eigenvalue weighted by atomic mass is 16.5. The molecule has 0 radical (unpaired) electrons. The first kappa shape index (κ1) is 24.0. The molecule has 0 aliphatic heterocycles. The Labute approximate surface area is 206 Å². The van der Waals surface area contributed by atoms with Gasteiger partial charge in [-0.3, -0.25) is 14.9 Å². The maximum Gasteiger partial charge on any atom is 0.161 e. The van der Waals surface area contributed by atoms with E-state index in [2.05, 4.69) is 14.9 Å². The maximum absolute atomic E-state index is 10.6. The van der Waals surface area contributed by atoms with Crippen LogP contribution >= 0.6 is 0 Å². The minimum atomic E-state index is 0.264. The van der Waals surface area contributed by atoms with Gasteiger partial charge in [-0.1, -0.05) is 36.4 Å². The van der Waals surface area contributed by atoms with Crippen LogP contribution in [0.3, 0.4) is 0 Å². The normalized spacial score (nSPS) is 11.2. The van der Waals surface area contributed by atoms with Crippen LogP contribution in [0.1, 0.15) is 28.1 Å². The summed E-state index contributed by atoms with van der Waals surface area (Å²) < 4.78 is 10.7. The molecule has 0 bridgehead atoms. The molecule has 0 spiro atoms. The molecule has 6 nitrogen and oxygen atoms in total. The highest BCUT2D eigenvalue weighted by Crippen LogP contribution is 2.29. The van der Waals surface area contributed by atoms with Crippen LogP contribution in [0.25, 0.3) is 12.2 Å². The van der Waals surface area contributed by atoms with Crippen LogP contribution in [0.5, 0.6) is 17.2 Å². The summed E-state index contributed by atoms with van der Waals surface area (Å²) in [6, 6.07) is 23.2. The zero-order chi connectivity index (χ0) is 24.5. The fourth-order valence-corrected chi connectivity index (χ4v) is 3.83. The van der Waals surface area contributed by atoms with Gasteiger partial charge in [0.2, 0.25) is 0 Å². The van der Waals surface area contributed by atoms with Crippen LogP contribution in [0.15, 0.2) is 85.2 Å². The number of aromatic nitrogens is 2. The van der Waals surface area contributed by atoms with E-state index in [1.165, 1.54) is 0 Å². The van der Waals surface area contributed by atoms with Crippen molar-refractivity contribution in [3.63, 3.8) is 0 Å². The van der Waals surface area contributed by atoms with Gasteiger partial charge in [-0.25, -0.2) is 0 Å². The Morgan fingerprint density at radius 2 is 1.31 bits per heavy atom. The molecule has 2 aromatic carbocycles. The van der Waals surface area contributed by atoms with Gasteiger partial charge in [0.1, 0.15) is 5.75 Å². The van der Waals surface area contributed by atoms with Crippen molar-refractivity contribution in [1.82, 2.24) is 14.9 Å². The van der Waals surface area contributed by atoms with E-state index in [0.29, 0.717) is 31.1 Å². The van der Waals surface area contributed by atoms with Crippen molar-refractivity contribution < 1.29 is 14.6 Å². The average molecular weight is 468 g/mol. The van der Waals surface area contributed by atoms with Crippen molar-refractivity contribution in [2.24, 2.45) is 0 Å². The lowest BCUT2D eigenvalue weighted by Gasteiger charge is -2.22. The van der Waals surface area contributed by atoms with E-state index in [9.17, 15) is 5.11 Å². The highest BCUT2D eigenvalue weighted by Gasteiger charge is 2.13. The summed E-state index contributed by atoms with van der Waals surface area (Å²) in [6.07, 6.45) is 7.63. The summed E-state index contributed by atoms with van der Waals surface area (Å²) in [5, 5.41) is 10.6. The number of hydrogen-bond donors (Lipinski definition) is 1. The molecule has 0 saturated heterocycles. The third kappa shape index (κ3) is 6.68. The summed E-state index contributed by atoms with van der Waals surface area (Å²) in [5.74, 6) is 1.64. The summed E-state index contributed by atoms with van der Waals surface area (Å²) in [7, 11) is 3.25. The number of phenolic OH excluding ortho intramolecular Hbond substituents is 1. The van der Waals surface area contributed by atoms with E-state index in [4.69, 9.17) is 9.47 Å². The van der Waals surface area contributed by atoms with E-state index in [1.54, 1.807) is 32.7 Å². The number of hydrogen-bond acceptors (Lipinski definition) is 6. The Balaban J connectivity index is 1.55. The van der Waals surface area contributed by atoms with Crippen LogP contribution in [0.2, 0.25) is 0 Å². The van der Waals surface area contributed by atoms with Crippen molar-refractivity contribution in [3.05, 3.63) is 113 Å². The van der Waals surface area contributed by atoms with Gasteiger partial charge in [0.05, 0.1) is 25.6 Å². The summed E-state index contributed by atoms with van der Waals surface area (Å²) >= 11 is 0. The molecule has 0 atom stereocenters. The van der Waals surface area contributed by atoms with Gasteiger partial charge in [0.15, 0.2) is 11.5 Å². The lowest BCUT2D eigenvalue weighted by Crippen LogP contribution is -2.23. The number of ether oxygens (including phenoxy) is 2. The minimum Gasteiger partial charge on any atom is -0.508 e. The van der Waals surface area contributed by atoms with Crippen LogP contribution < -0.4 is 9.47 Å². The molecular formula is C29H29N3O3. The molecule has 4 rings (SSSR count). The van der Waals surface area contributed by atoms with E-state index < -0.39 is 0 Å². The first-order valence-electron chi connectivity index (χ1n) is 11.4. The molecule has 0 amide bonds. The van der Waals surface area contributed by atoms with Gasteiger partial charge in [0.25, 0.3) is 0 Å². The van der Waals surface area contributed by atoms with Gasteiger partial charge in [-0.2, -0.15) is 0 Å². The maximum atomic E-state index is 10.6. The third-order valence-electron chi connectivity index (χ3n) is 5.60. The molecule has 178 valence electrons. The first-order chi connectivity index (χ1) is 17.1. The second kappa shape index (κ2) is 11.8. The molecule has 0 aliphatic carbocycles. The molecule has 35 heavy (non-hydrogen) atoms. The van der Waals surface area contributed by atoms with E-state index in [-0.39, 0.29) is 5.75 Å². The zero-order valence-electron chi connectivity index (χ0n) is 20.0. The summed E-state index contributed by atoms with van der Waals surface area (Å²) in [6.45, 7) is 1.84. The number of rotatable bonds is 10. The lowest BCUT2D eigenvalue weighted by atomic mass is 10.1. The predicted octanol–water partition coefficient (Wildman–Crippen LogP) is 5.57. The van der Waals surface area contributed by atoms with Gasteiger partial charge < -0.3 is 14.6 Å². The number of phenols is 1. The third-order valence-corrected chi connectivity index (χ3v) is 5.60. The average Bonchev–Trinajstić information content (AvgIpc) is 2.90. The minimum absolute atomic E-state index is 0.264. The number of nitrogens with zero attached hydrogens (tertiary/aromatic N) is 3. The Kier molecular flexibility index (Phi) is 8.09. The second-order valence-electron chi connectivity index (χ2n) is 8.12. The molecule has 0 fully saturated rings. The predicted molar refractivity (Wildman–Crippen MR) is 138 cm³/mol. The van der Waals surface area contributed by atoms with Gasteiger partial charge in [-0.15, -0.1) is 0 Å². The smallest absolute Gasteiger partial charge is 0.161 e. The summed E-state index contributed by atoms with van der Waals surface area (Å²) in [4.78, 5) is 11.2. The highest BCUT2D eigenvalue weighted by molar-refractivity contribution is 5.71. The van der Waals surface area contributed by atoms with Crippen LogP contribution in [0, 0.1) is 0 Å². The van der Waals surface area contributed by atoms with Gasteiger partial charge >= 0.3 is 0 Å². The van der Waals surface area contributed by atoms with Crippen LogP contribution in [-0.4, -0.2) is 34.2 Å². The van der Waals surface area contributed by atoms with Crippen molar-refractivity contribution in [2.45, 2.75) is 19.6 Å². The fourth-order valence-electron chi connectivity index (χ4n) is 3.83. The fraction of sp³-hybridized carbons (Fsp3) is 0.172. The van der Waals surface area contributed by atoms with Crippen LogP contribution in [-0.2, 0) is 19.6 Å². The number of aromatic hydroxyl groups is 1. The monoisotopic (exact) mass is 467 g/mol. The molecule has 2 aromatic heterocycles. The van der Waals surface area contributed by atoms with Gasteiger partial charge in [0, 0.05) is 37.6 Å². The lowest BCUT2D eigenvalue weighted by molar-refractivity contribution is 0.238. The van der Waals surface area contributed by atoms with Gasteiger partial charge in [-0.05, 0) is 59.7 Å². The van der Waals surface area contributed by atoms with Crippen molar-refractivity contribution >= 4 is 12.2 Å². The molecular weight excluding hydrogens is 438 g/mol.